The summed E-state index contributed by atoms with van der Waals surface area (Å²) in [7, 11) is 1.63. The number of aliphatic hydroxyl groups excluding tert-OH is 1. The number of nitrogens with one attached hydrogen (secondary N) is 1. The van der Waals surface area contributed by atoms with Crippen molar-refractivity contribution in [3.8, 4) is 11.5 Å². The van der Waals surface area contributed by atoms with Gasteiger partial charge in [0, 0.05) is 6.54 Å². The topological polar surface area (TPSA) is 50.7 Å². The highest BCUT2D eigenvalue weighted by Gasteiger charge is 2.05. The molecule has 0 atom stereocenters. The molecule has 0 saturated carbocycles. The molecule has 114 valence electrons. The van der Waals surface area contributed by atoms with Gasteiger partial charge in [0.05, 0.1) is 13.7 Å². The highest BCUT2D eigenvalue weighted by molar-refractivity contribution is 5.42. The Kier molecular flexibility index (Phi) is 8.83. The Morgan fingerprint density at radius 3 is 2.70 bits per heavy atom. The third-order valence-electron chi connectivity index (χ3n) is 3.11. The van der Waals surface area contributed by atoms with Crippen LogP contribution in [0.2, 0.25) is 0 Å². The average molecular weight is 281 g/mol. The summed E-state index contributed by atoms with van der Waals surface area (Å²) in [5.41, 5.74) is 1.17. The van der Waals surface area contributed by atoms with Crippen LogP contribution in [0.15, 0.2) is 18.2 Å². The van der Waals surface area contributed by atoms with E-state index < -0.39 is 0 Å². The minimum atomic E-state index is 0.00419. The fourth-order valence-corrected chi connectivity index (χ4v) is 2.01. The van der Waals surface area contributed by atoms with E-state index in [0.29, 0.717) is 11.5 Å². The van der Waals surface area contributed by atoms with Crippen molar-refractivity contribution in [3.63, 3.8) is 0 Å². The summed E-state index contributed by atoms with van der Waals surface area (Å²) in [5.74, 6) is 1.39. The molecule has 1 aromatic rings. The van der Waals surface area contributed by atoms with E-state index >= 15 is 0 Å². The number of unbranched alkanes of at least 4 members (excludes halogenated alkanes) is 3. The standard InChI is InChI=1S/C16H27NO3/c1-3-4-5-6-9-17-13-14-7-8-15(20-11-10-18)16(12-14)19-2/h7-8,12,17-18H,3-6,9-11,13H2,1-2H3. The minimum absolute atomic E-state index is 0.00419. The Labute approximate surface area is 122 Å². The molecule has 20 heavy (non-hydrogen) atoms. The monoisotopic (exact) mass is 281 g/mol. The molecule has 0 fully saturated rings. The van der Waals surface area contributed by atoms with Crippen molar-refractivity contribution in [2.45, 2.75) is 39.2 Å². The Morgan fingerprint density at radius 1 is 1.15 bits per heavy atom. The zero-order chi connectivity index (χ0) is 14.6. The second kappa shape index (κ2) is 10.5. The summed E-state index contributed by atoms with van der Waals surface area (Å²) in [5, 5.41) is 12.2. The summed E-state index contributed by atoms with van der Waals surface area (Å²) in [6.07, 6.45) is 5.10. The number of hydrogen-bond donors (Lipinski definition) is 2. The van der Waals surface area contributed by atoms with Crippen molar-refractivity contribution in [1.82, 2.24) is 5.32 Å². The number of ether oxygens (including phenoxy) is 2. The predicted molar refractivity (Wildman–Crippen MR) is 81.4 cm³/mol. The molecule has 0 aliphatic heterocycles. The van der Waals surface area contributed by atoms with Gasteiger partial charge in [-0.25, -0.2) is 0 Å². The summed E-state index contributed by atoms with van der Waals surface area (Å²) < 4.78 is 10.7. The van der Waals surface area contributed by atoms with Crippen LogP contribution in [0.1, 0.15) is 38.2 Å². The van der Waals surface area contributed by atoms with E-state index in [2.05, 4.69) is 12.2 Å². The van der Waals surface area contributed by atoms with Gasteiger partial charge in [0.1, 0.15) is 6.61 Å². The van der Waals surface area contributed by atoms with Crippen molar-refractivity contribution in [2.24, 2.45) is 0 Å². The maximum absolute atomic E-state index is 8.77. The number of benzene rings is 1. The molecule has 4 nitrogen and oxygen atoms in total. The first kappa shape index (κ1) is 16.8. The lowest BCUT2D eigenvalue weighted by Gasteiger charge is -2.12. The molecule has 1 aromatic carbocycles. The van der Waals surface area contributed by atoms with Crippen LogP contribution in [-0.2, 0) is 6.54 Å². The molecule has 0 aliphatic carbocycles. The first-order valence-corrected chi connectivity index (χ1v) is 7.43. The molecule has 0 unspecified atom stereocenters. The van der Waals surface area contributed by atoms with Crippen LogP contribution in [0.3, 0.4) is 0 Å². The van der Waals surface area contributed by atoms with Gasteiger partial charge in [-0.2, -0.15) is 0 Å². The SMILES string of the molecule is CCCCCCNCc1ccc(OCCO)c(OC)c1. The molecule has 0 saturated heterocycles. The molecule has 4 heteroatoms. The van der Waals surface area contributed by atoms with Crippen molar-refractivity contribution >= 4 is 0 Å². The van der Waals surface area contributed by atoms with Gasteiger partial charge in [-0.3, -0.25) is 0 Å². The van der Waals surface area contributed by atoms with E-state index in [1.807, 2.05) is 18.2 Å². The van der Waals surface area contributed by atoms with Crippen LogP contribution < -0.4 is 14.8 Å². The van der Waals surface area contributed by atoms with Crippen molar-refractivity contribution < 1.29 is 14.6 Å². The Hall–Kier alpha value is -1.26. The lowest BCUT2D eigenvalue weighted by molar-refractivity contribution is 0.196. The summed E-state index contributed by atoms with van der Waals surface area (Å²) >= 11 is 0. The molecule has 0 heterocycles. The van der Waals surface area contributed by atoms with E-state index in [9.17, 15) is 0 Å². The van der Waals surface area contributed by atoms with Crippen LogP contribution >= 0.6 is 0 Å². The van der Waals surface area contributed by atoms with Crippen molar-refractivity contribution in [1.29, 1.82) is 0 Å². The summed E-state index contributed by atoms with van der Waals surface area (Å²) in [6.45, 7) is 4.39. The average Bonchev–Trinajstić information content (AvgIpc) is 2.49. The molecule has 1 rings (SSSR count). The second-order valence-corrected chi connectivity index (χ2v) is 4.79. The lowest BCUT2D eigenvalue weighted by Crippen LogP contribution is -2.14. The molecule has 0 bridgehead atoms. The van der Waals surface area contributed by atoms with Gasteiger partial charge in [-0.1, -0.05) is 32.3 Å². The quantitative estimate of drug-likeness (QED) is 0.612. The number of rotatable bonds is 11. The zero-order valence-corrected chi connectivity index (χ0v) is 12.7. The number of aliphatic hydroxyl groups is 1. The predicted octanol–water partition coefficient (Wildman–Crippen LogP) is 2.74. The largest absolute Gasteiger partial charge is 0.493 e. The van der Waals surface area contributed by atoms with Crippen molar-refractivity contribution in [2.75, 3.05) is 26.9 Å². The van der Waals surface area contributed by atoms with Crippen LogP contribution in [-0.4, -0.2) is 32.0 Å². The second-order valence-electron chi connectivity index (χ2n) is 4.79. The molecule has 0 amide bonds. The van der Waals surface area contributed by atoms with Crippen LogP contribution in [0.25, 0.3) is 0 Å². The number of methoxy groups -OCH3 is 1. The fraction of sp³-hybridized carbons (Fsp3) is 0.625. The summed E-state index contributed by atoms with van der Waals surface area (Å²) in [6, 6.07) is 5.89. The van der Waals surface area contributed by atoms with E-state index in [1.165, 1.54) is 31.2 Å². The molecule has 0 radical (unpaired) electrons. The molecular formula is C16H27NO3. The molecule has 0 spiro atoms. The molecule has 0 aliphatic rings. The van der Waals surface area contributed by atoms with Crippen LogP contribution in [0.4, 0.5) is 0 Å². The minimum Gasteiger partial charge on any atom is -0.493 e. The van der Waals surface area contributed by atoms with Gasteiger partial charge in [0.25, 0.3) is 0 Å². The maximum atomic E-state index is 8.77. The van der Waals surface area contributed by atoms with Gasteiger partial charge >= 0.3 is 0 Å². The first-order valence-electron chi connectivity index (χ1n) is 7.43. The van der Waals surface area contributed by atoms with E-state index in [4.69, 9.17) is 14.6 Å². The lowest BCUT2D eigenvalue weighted by atomic mass is 10.2. The van der Waals surface area contributed by atoms with Gasteiger partial charge in [-0.15, -0.1) is 0 Å². The Morgan fingerprint density at radius 2 is 2.00 bits per heavy atom. The van der Waals surface area contributed by atoms with Gasteiger partial charge in [0.2, 0.25) is 0 Å². The van der Waals surface area contributed by atoms with Gasteiger partial charge < -0.3 is 19.9 Å². The fourth-order valence-electron chi connectivity index (χ4n) is 2.01. The molecule has 2 N–H and O–H groups in total. The number of hydrogen-bond acceptors (Lipinski definition) is 4. The maximum Gasteiger partial charge on any atom is 0.161 e. The third kappa shape index (κ3) is 6.26. The Balaban J connectivity index is 2.38. The highest BCUT2D eigenvalue weighted by atomic mass is 16.5. The van der Waals surface area contributed by atoms with Gasteiger partial charge in [0.15, 0.2) is 11.5 Å². The third-order valence-corrected chi connectivity index (χ3v) is 3.11. The molecule has 0 aromatic heterocycles. The zero-order valence-electron chi connectivity index (χ0n) is 12.7. The normalized spacial score (nSPS) is 10.6. The van der Waals surface area contributed by atoms with E-state index in [1.54, 1.807) is 7.11 Å². The Bertz CT molecular complexity index is 369. The molecular weight excluding hydrogens is 254 g/mol. The van der Waals surface area contributed by atoms with Gasteiger partial charge in [-0.05, 0) is 30.7 Å². The van der Waals surface area contributed by atoms with E-state index in [-0.39, 0.29) is 13.2 Å². The smallest absolute Gasteiger partial charge is 0.161 e. The van der Waals surface area contributed by atoms with Crippen LogP contribution in [0, 0.1) is 0 Å². The highest BCUT2D eigenvalue weighted by Crippen LogP contribution is 2.27. The van der Waals surface area contributed by atoms with Crippen molar-refractivity contribution in [3.05, 3.63) is 23.8 Å². The summed E-state index contributed by atoms with van der Waals surface area (Å²) in [4.78, 5) is 0. The van der Waals surface area contributed by atoms with Crippen LogP contribution in [0.5, 0.6) is 11.5 Å². The first-order chi connectivity index (χ1) is 9.81. The van der Waals surface area contributed by atoms with E-state index in [0.717, 1.165) is 13.1 Å².